The number of rotatable bonds is 9. The molecule has 0 aliphatic rings. The second-order valence-corrected chi connectivity index (χ2v) is 8.05. The van der Waals surface area contributed by atoms with Crippen molar-refractivity contribution in [1.82, 2.24) is 14.9 Å². The zero-order chi connectivity index (χ0) is 20.7. The summed E-state index contributed by atoms with van der Waals surface area (Å²) in [6.45, 7) is 5.96. The van der Waals surface area contributed by atoms with Crippen molar-refractivity contribution in [1.29, 1.82) is 0 Å². The minimum Gasteiger partial charge on any atom is -0.459 e. The summed E-state index contributed by atoms with van der Waals surface area (Å²) in [5, 5.41) is 5.22. The first-order valence-corrected chi connectivity index (χ1v) is 10.4. The molecule has 1 aromatic carbocycles. The first kappa shape index (κ1) is 21.6. The highest BCUT2D eigenvalue weighted by Gasteiger charge is 2.21. The molecule has 0 unspecified atom stereocenters. The number of carbonyl (C=O) groups excluding carboxylic acids is 2. The molecule has 0 saturated heterocycles. The Hall–Kier alpha value is -2.65. The van der Waals surface area contributed by atoms with E-state index in [4.69, 9.17) is 4.42 Å². The summed E-state index contributed by atoms with van der Waals surface area (Å²) in [5.74, 6) is -0.711. The fourth-order valence-electron chi connectivity index (χ4n) is 2.67. The van der Waals surface area contributed by atoms with E-state index in [-0.39, 0.29) is 29.1 Å². The van der Waals surface area contributed by atoms with E-state index in [9.17, 15) is 18.0 Å². The van der Waals surface area contributed by atoms with Gasteiger partial charge in [-0.25, -0.2) is 8.42 Å². The monoisotopic (exact) mass is 407 g/mol. The molecule has 0 radical (unpaired) electrons. The van der Waals surface area contributed by atoms with Crippen LogP contribution in [0.2, 0.25) is 0 Å². The maximum atomic E-state index is 12.5. The lowest BCUT2D eigenvalue weighted by atomic mass is 10.1. The van der Waals surface area contributed by atoms with Crippen LogP contribution in [0.5, 0.6) is 0 Å². The molecule has 152 valence electrons. The van der Waals surface area contributed by atoms with Crippen molar-refractivity contribution in [2.24, 2.45) is 0 Å². The fraction of sp³-hybridized carbons (Fsp3) is 0.368. The van der Waals surface area contributed by atoms with Crippen LogP contribution in [0.3, 0.4) is 0 Å². The van der Waals surface area contributed by atoms with E-state index in [1.54, 1.807) is 39.0 Å². The Morgan fingerprint density at radius 3 is 2.29 bits per heavy atom. The van der Waals surface area contributed by atoms with Gasteiger partial charge in [0.25, 0.3) is 5.91 Å². The van der Waals surface area contributed by atoms with Gasteiger partial charge in [-0.3, -0.25) is 9.59 Å². The lowest BCUT2D eigenvalue weighted by Gasteiger charge is -2.19. The largest absolute Gasteiger partial charge is 0.459 e. The molecule has 28 heavy (non-hydrogen) atoms. The lowest BCUT2D eigenvalue weighted by Crippen LogP contribution is -2.37. The Labute approximate surface area is 165 Å². The van der Waals surface area contributed by atoms with Crippen molar-refractivity contribution in [3.05, 3.63) is 54.0 Å². The number of hydrogen-bond acceptors (Lipinski definition) is 5. The second kappa shape index (κ2) is 9.52. The minimum absolute atomic E-state index is 0.130. The Bertz CT molecular complexity index is 888. The van der Waals surface area contributed by atoms with Crippen LogP contribution in [0, 0.1) is 0 Å². The molecule has 2 aromatic rings. The summed E-state index contributed by atoms with van der Waals surface area (Å²) in [5.41, 5.74) is 0.754. The molecule has 9 heteroatoms. The average Bonchev–Trinajstić information content (AvgIpc) is 3.22. The zero-order valence-electron chi connectivity index (χ0n) is 16.1. The Morgan fingerprint density at radius 2 is 1.75 bits per heavy atom. The van der Waals surface area contributed by atoms with E-state index in [1.807, 2.05) is 0 Å². The van der Waals surface area contributed by atoms with Crippen LogP contribution in [0.15, 0.2) is 52.0 Å². The number of carbonyl (C=O) groups is 2. The highest BCUT2D eigenvalue weighted by atomic mass is 32.2. The van der Waals surface area contributed by atoms with E-state index < -0.39 is 15.9 Å². The minimum atomic E-state index is -3.52. The van der Waals surface area contributed by atoms with Crippen LogP contribution >= 0.6 is 0 Å². The number of hydrogen-bond donors (Lipinski definition) is 2. The van der Waals surface area contributed by atoms with Crippen LogP contribution in [-0.2, 0) is 14.8 Å². The van der Waals surface area contributed by atoms with Gasteiger partial charge in [-0.05, 0) is 36.8 Å². The molecule has 0 spiro atoms. The number of amides is 2. The first-order chi connectivity index (χ1) is 13.3. The normalized spacial score (nSPS) is 12.6. The van der Waals surface area contributed by atoms with E-state index >= 15 is 0 Å². The smallest absolute Gasteiger partial charge is 0.287 e. The molecule has 0 fully saturated rings. The van der Waals surface area contributed by atoms with Gasteiger partial charge in [0, 0.05) is 13.1 Å². The van der Waals surface area contributed by atoms with Crippen LogP contribution in [0.25, 0.3) is 0 Å². The van der Waals surface area contributed by atoms with E-state index in [0.717, 1.165) is 5.56 Å². The van der Waals surface area contributed by atoms with Crippen LogP contribution in [0.4, 0.5) is 0 Å². The summed E-state index contributed by atoms with van der Waals surface area (Å²) >= 11 is 0. The Balaban J connectivity index is 1.94. The molecule has 0 aliphatic heterocycles. The second-order valence-electron chi connectivity index (χ2n) is 6.11. The van der Waals surface area contributed by atoms with E-state index in [0.29, 0.717) is 13.1 Å². The highest BCUT2D eigenvalue weighted by Crippen LogP contribution is 2.19. The summed E-state index contributed by atoms with van der Waals surface area (Å²) in [6.07, 6.45) is 1.38. The van der Waals surface area contributed by atoms with Crippen LogP contribution in [0.1, 0.15) is 42.9 Å². The van der Waals surface area contributed by atoms with Gasteiger partial charge >= 0.3 is 0 Å². The molecule has 2 rings (SSSR count). The van der Waals surface area contributed by atoms with Gasteiger partial charge in [-0.2, -0.15) is 4.31 Å². The fourth-order valence-corrected chi connectivity index (χ4v) is 4.13. The third-order valence-electron chi connectivity index (χ3n) is 4.26. The summed E-state index contributed by atoms with van der Waals surface area (Å²) < 4.78 is 31.4. The highest BCUT2D eigenvalue weighted by molar-refractivity contribution is 7.89. The van der Waals surface area contributed by atoms with Gasteiger partial charge in [0.2, 0.25) is 15.9 Å². The standard InChI is InChI=1S/C19H25N3O5S/c1-4-22(5-2)28(25,26)16-10-8-15(9-11-16)14(3)21-18(23)13-20-19(24)17-7-6-12-27-17/h6-12,14H,4-5,13H2,1-3H3,(H,20,24)(H,21,23)/t14-/m0/s1. The van der Waals surface area contributed by atoms with Gasteiger partial charge in [-0.15, -0.1) is 0 Å². The van der Waals surface area contributed by atoms with Gasteiger partial charge < -0.3 is 15.1 Å². The predicted molar refractivity (Wildman–Crippen MR) is 104 cm³/mol. The van der Waals surface area contributed by atoms with Crippen molar-refractivity contribution in [3.8, 4) is 0 Å². The number of nitrogens with zero attached hydrogens (tertiary/aromatic N) is 1. The molecular weight excluding hydrogens is 382 g/mol. The molecule has 0 saturated carbocycles. The van der Waals surface area contributed by atoms with Crippen molar-refractivity contribution in [3.63, 3.8) is 0 Å². The molecule has 2 amide bonds. The van der Waals surface area contributed by atoms with Crippen LogP contribution in [-0.4, -0.2) is 44.2 Å². The topological polar surface area (TPSA) is 109 Å². The molecule has 8 nitrogen and oxygen atoms in total. The molecule has 0 bridgehead atoms. The van der Waals surface area contributed by atoms with Gasteiger partial charge in [0.1, 0.15) is 0 Å². The van der Waals surface area contributed by atoms with E-state index in [2.05, 4.69) is 10.6 Å². The number of sulfonamides is 1. The van der Waals surface area contributed by atoms with Crippen molar-refractivity contribution < 1.29 is 22.4 Å². The molecular formula is C19H25N3O5S. The Kier molecular flexibility index (Phi) is 7.36. The molecule has 1 heterocycles. The van der Waals surface area contributed by atoms with Gasteiger partial charge in [-0.1, -0.05) is 26.0 Å². The SMILES string of the molecule is CCN(CC)S(=O)(=O)c1ccc([C@H](C)NC(=O)CNC(=O)c2ccco2)cc1. The molecule has 1 aromatic heterocycles. The molecule has 1 atom stereocenters. The summed E-state index contributed by atoms with van der Waals surface area (Å²) in [6, 6.07) is 9.14. The van der Waals surface area contributed by atoms with Crippen molar-refractivity contribution in [2.45, 2.75) is 31.7 Å². The lowest BCUT2D eigenvalue weighted by molar-refractivity contribution is -0.120. The quantitative estimate of drug-likeness (QED) is 0.660. The molecule has 2 N–H and O–H groups in total. The maximum Gasteiger partial charge on any atom is 0.287 e. The van der Waals surface area contributed by atoms with Crippen molar-refractivity contribution in [2.75, 3.05) is 19.6 Å². The summed E-state index contributed by atoms with van der Waals surface area (Å²) in [7, 11) is -3.52. The number of benzene rings is 1. The van der Waals surface area contributed by atoms with Crippen molar-refractivity contribution >= 4 is 21.8 Å². The zero-order valence-corrected chi connectivity index (χ0v) is 17.0. The predicted octanol–water partition coefficient (Wildman–Crippen LogP) is 1.92. The first-order valence-electron chi connectivity index (χ1n) is 9.00. The van der Waals surface area contributed by atoms with Crippen LogP contribution < -0.4 is 10.6 Å². The Morgan fingerprint density at radius 1 is 1.11 bits per heavy atom. The number of nitrogens with one attached hydrogen (secondary N) is 2. The summed E-state index contributed by atoms with van der Waals surface area (Å²) in [4.78, 5) is 24.0. The van der Waals surface area contributed by atoms with Gasteiger partial charge in [0.05, 0.1) is 23.7 Å². The third-order valence-corrected chi connectivity index (χ3v) is 6.32. The molecule has 0 aliphatic carbocycles. The number of furan rings is 1. The van der Waals surface area contributed by atoms with E-state index in [1.165, 1.54) is 28.8 Å². The third kappa shape index (κ3) is 5.20. The maximum absolute atomic E-state index is 12.5. The van der Waals surface area contributed by atoms with Gasteiger partial charge in [0.15, 0.2) is 5.76 Å². The average molecular weight is 407 g/mol.